The topological polar surface area (TPSA) is 73.1 Å². The molecule has 0 fully saturated rings. The van der Waals surface area contributed by atoms with Crippen LogP contribution >= 0.6 is 11.8 Å². The van der Waals surface area contributed by atoms with E-state index in [0.717, 1.165) is 4.57 Å². The van der Waals surface area contributed by atoms with Crippen molar-refractivity contribution in [3.63, 3.8) is 0 Å². The first-order valence-electron chi connectivity index (χ1n) is 5.68. The average Bonchev–Trinajstić information content (AvgIpc) is 2.39. The molecular formula is C12H17N3O3S. The Kier molecular flexibility index (Phi) is 5.62. The highest BCUT2D eigenvalue weighted by Crippen LogP contribution is 2.08. The minimum atomic E-state index is -0.362. The van der Waals surface area contributed by atoms with E-state index in [2.05, 4.69) is 11.9 Å². The Morgan fingerprint density at radius 3 is 2.74 bits per heavy atom. The zero-order chi connectivity index (χ0) is 14.4. The van der Waals surface area contributed by atoms with Crippen LogP contribution in [-0.4, -0.2) is 27.3 Å². The van der Waals surface area contributed by atoms with Gasteiger partial charge >= 0.3 is 5.69 Å². The summed E-state index contributed by atoms with van der Waals surface area (Å²) in [6, 6.07) is 1.41. The van der Waals surface area contributed by atoms with Crippen molar-refractivity contribution in [1.82, 2.24) is 14.5 Å². The number of hydrogen-bond donors (Lipinski definition) is 1. The molecule has 1 amide bonds. The van der Waals surface area contributed by atoms with Gasteiger partial charge in [0.15, 0.2) is 0 Å². The molecule has 0 aromatic carbocycles. The molecule has 1 aromatic heterocycles. The van der Waals surface area contributed by atoms with Gasteiger partial charge in [0.2, 0.25) is 5.91 Å². The van der Waals surface area contributed by atoms with Gasteiger partial charge in [-0.05, 0) is 0 Å². The molecule has 0 aliphatic rings. The van der Waals surface area contributed by atoms with Crippen molar-refractivity contribution in [2.24, 2.45) is 14.1 Å². The van der Waals surface area contributed by atoms with Gasteiger partial charge in [0.25, 0.3) is 5.56 Å². The van der Waals surface area contributed by atoms with Crippen LogP contribution in [0.1, 0.15) is 5.69 Å². The molecule has 0 bridgehead atoms. The molecule has 6 nitrogen and oxygen atoms in total. The number of aromatic nitrogens is 2. The van der Waals surface area contributed by atoms with Gasteiger partial charge < -0.3 is 5.32 Å². The van der Waals surface area contributed by atoms with Crippen LogP contribution in [0.5, 0.6) is 0 Å². The third-order valence-electron chi connectivity index (χ3n) is 2.55. The number of nitrogens with one attached hydrogen (secondary N) is 1. The van der Waals surface area contributed by atoms with Crippen molar-refractivity contribution in [3.8, 4) is 0 Å². The first-order chi connectivity index (χ1) is 8.97. The minimum absolute atomic E-state index is 0.0984. The average molecular weight is 283 g/mol. The highest BCUT2D eigenvalue weighted by Gasteiger charge is 2.07. The Morgan fingerprint density at radius 1 is 1.42 bits per heavy atom. The summed E-state index contributed by atoms with van der Waals surface area (Å²) < 4.78 is 2.46. The van der Waals surface area contributed by atoms with Crippen molar-refractivity contribution >= 4 is 17.7 Å². The summed E-state index contributed by atoms with van der Waals surface area (Å²) in [5.74, 6) is 0.611. The van der Waals surface area contributed by atoms with Crippen LogP contribution in [0, 0.1) is 0 Å². The van der Waals surface area contributed by atoms with Crippen LogP contribution in [0.2, 0.25) is 0 Å². The van der Waals surface area contributed by atoms with E-state index in [1.165, 1.54) is 29.4 Å². The molecule has 1 rings (SSSR count). The maximum absolute atomic E-state index is 11.7. The smallest absolute Gasteiger partial charge is 0.330 e. The quantitative estimate of drug-likeness (QED) is 0.722. The summed E-state index contributed by atoms with van der Waals surface area (Å²) in [6.07, 6.45) is 1.60. The molecule has 0 saturated heterocycles. The molecule has 1 heterocycles. The summed E-state index contributed by atoms with van der Waals surface area (Å²) in [7, 11) is 3.04. The number of rotatable bonds is 6. The highest BCUT2D eigenvalue weighted by molar-refractivity contribution is 7.99. The Morgan fingerprint density at radius 2 is 2.11 bits per heavy atom. The van der Waals surface area contributed by atoms with E-state index in [9.17, 15) is 14.4 Å². The van der Waals surface area contributed by atoms with Crippen LogP contribution < -0.4 is 16.6 Å². The van der Waals surface area contributed by atoms with Crippen molar-refractivity contribution in [2.75, 3.05) is 12.3 Å². The molecule has 0 unspecified atom stereocenters. The lowest BCUT2D eigenvalue weighted by Crippen LogP contribution is -2.37. The van der Waals surface area contributed by atoms with E-state index in [4.69, 9.17) is 0 Å². The maximum Gasteiger partial charge on any atom is 0.330 e. The van der Waals surface area contributed by atoms with E-state index >= 15 is 0 Å². The van der Waals surface area contributed by atoms with Gasteiger partial charge in [-0.15, -0.1) is 18.3 Å². The second kappa shape index (κ2) is 6.98. The van der Waals surface area contributed by atoms with Crippen LogP contribution in [0.15, 0.2) is 28.3 Å². The predicted octanol–water partition coefficient (Wildman–Crippen LogP) is -0.381. The third kappa shape index (κ3) is 4.13. The lowest BCUT2D eigenvalue weighted by Gasteiger charge is -2.09. The number of nitrogens with zero attached hydrogens (tertiary/aromatic N) is 2. The molecule has 1 N–H and O–H groups in total. The molecule has 1 aromatic rings. The van der Waals surface area contributed by atoms with Gasteiger partial charge in [0.05, 0.1) is 5.75 Å². The lowest BCUT2D eigenvalue weighted by atomic mass is 10.4. The van der Waals surface area contributed by atoms with E-state index in [1.54, 1.807) is 13.1 Å². The van der Waals surface area contributed by atoms with Crippen molar-refractivity contribution in [1.29, 1.82) is 0 Å². The molecule has 0 aliphatic heterocycles. The largest absolute Gasteiger partial charge is 0.352 e. The van der Waals surface area contributed by atoms with Gasteiger partial charge in [-0.1, -0.05) is 6.08 Å². The number of carbonyl (C=O) groups is 1. The minimum Gasteiger partial charge on any atom is -0.352 e. The molecule has 0 atom stereocenters. The molecular weight excluding hydrogens is 266 g/mol. The third-order valence-corrected chi connectivity index (χ3v) is 3.52. The first kappa shape index (κ1) is 15.3. The van der Waals surface area contributed by atoms with E-state index in [0.29, 0.717) is 18.0 Å². The molecule has 0 spiro atoms. The Bertz CT molecular complexity index is 589. The zero-order valence-corrected chi connectivity index (χ0v) is 11.8. The van der Waals surface area contributed by atoms with Gasteiger partial charge in [-0.2, -0.15) is 0 Å². The van der Waals surface area contributed by atoms with Gasteiger partial charge in [0.1, 0.15) is 0 Å². The summed E-state index contributed by atoms with van der Waals surface area (Å²) in [6.45, 7) is 3.94. The van der Waals surface area contributed by atoms with Crippen LogP contribution in [-0.2, 0) is 24.6 Å². The van der Waals surface area contributed by atoms with Crippen LogP contribution in [0.25, 0.3) is 0 Å². The van der Waals surface area contributed by atoms with Crippen molar-refractivity contribution in [2.45, 2.75) is 5.75 Å². The SMILES string of the molecule is C=CCNC(=O)CSCc1cc(=O)n(C)c(=O)n1C. The molecule has 7 heteroatoms. The molecule has 104 valence electrons. The standard InChI is InChI=1S/C12H17N3O3S/c1-4-5-13-10(16)8-19-7-9-6-11(17)15(3)12(18)14(9)2/h4,6H,1,5,7-8H2,2-3H3,(H,13,16). The summed E-state index contributed by atoms with van der Waals surface area (Å²) in [4.78, 5) is 34.5. The monoisotopic (exact) mass is 283 g/mol. The van der Waals surface area contributed by atoms with E-state index < -0.39 is 0 Å². The predicted molar refractivity (Wildman–Crippen MR) is 76.3 cm³/mol. The van der Waals surface area contributed by atoms with Gasteiger partial charge in [0, 0.05) is 38.2 Å². The van der Waals surface area contributed by atoms with E-state index in [-0.39, 0.29) is 22.9 Å². The Balaban J connectivity index is 2.64. The van der Waals surface area contributed by atoms with Crippen molar-refractivity contribution in [3.05, 3.63) is 45.3 Å². The Labute approximate surface area is 115 Å². The van der Waals surface area contributed by atoms with Gasteiger partial charge in [-0.3, -0.25) is 18.7 Å². The molecule has 19 heavy (non-hydrogen) atoms. The fourth-order valence-electron chi connectivity index (χ4n) is 1.40. The number of thioether (sulfide) groups is 1. The zero-order valence-electron chi connectivity index (χ0n) is 11.0. The highest BCUT2D eigenvalue weighted by atomic mass is 32.2. The number of carbonyl (C=O) groups excluding carboxylic acids is 1. The fourth-order valence-corrected chi connectivity index (χ4v) is 2.28. The fraction of sp³-hybridized carbons (Fsp3) is 0.417. The van der Waals surface area contributed by atoms with Gasteiger partial charge in [-0.25, -0.2) is 4.79 Å². The molecule has 0 radical (unpaired) electrons. The lowest BCUT2D eigenvalue weighted by molar-refractivity contribution is -0.118. The second-order valence-corrected chi connectivity index (χ2v) is 4.95. The number of amides is 1. The second-order valence-electron chi connectivity index (χ2n) is 3.96. The maximum atomic E-state index is 11.7. The summed E-state index contributed by atoms with van der Waals surface area (Å²) in [5, 5.41) is 2.65. The van der Waals surface area contributed by atoms with Crippen LogP contribution in [0.4, 0.5) is 0 Å². The Hall–Kier alpha value is -1.76. The first-order valence-corrected chi connectivity index (χ1v) is 6.84. The van der Waals surface area contributed by atoms with E-state index in [1.807, 2.05) is 0 Å². The number of hydrogen-bond acceptors (Lipinski definition) is 4. The normalized spacial score (nSPS) is 10.2. The molecule has 0 saturated carbocycles. The summed E-state index contributed by atoms with van der Waals surface area (Å²) in [5.41, 5.74) is -0.0939. The van der Waals surface area contributed by atoms with Crippen LogP contribution in [0.3, 0.4) is 0 Å². The molecule has 0 aliphatic carbocycles. The van der Waals surface area contributed by atoms with Crippen molar-refractivity contribution < 1.29 is 4.79 Å². The summed E-state index contributed by atoms with van der Waals surface area (Å²) >= 11 is 1.35.